The summed E-state index contributed by atoms with van der Waals surface area (Å²) < 4.78 is 56.3. The Balaban J connectivity index is 3.12. The number of carbonyl (C=O) groups excluding carboxylic acids is 2. The molecule has 1 rings (SSSR count). The quantitative estimate of drug-likeness (QED) is 0.675. The van der Waals surface area contributed by atoms with Crippen LogP contribution in [0.1, 0.15) is 38.8 Å². The number of alkyl halides is 3. The monoisotopic (exact) mass is 335 g/mol. The molecule has 1 unspecified atom stereocenters. The van der Waals surface area contributed by atoms with E-state index in [9.17, 15) is 27.2 Å². The van der Waals surface area contributed by atoms with Gasteiger partial charge in [0, 0.05) is 0 Å². The Morgan fingerprint density at radius 3 is 2.13 bits per heavy atom. The molecule has 1 aromatic carbocycles. The fourth-order valence-corrected chi connectivity index (χ4v) is 1.75. The first-order chi connectivity index (χ1) is 10.3. The van der Waals surface area contributed by atoms with Crippen molar-refractivity contribution in [2.45, 2.75) is 45.0 Å². The van der Waals surface area contributed by atoms with Crippen LogP contribution in [-0.4, -0.2) is 18.0 Å². The summed E-state index contributed by atoms with van der Waals surface area (Å²) in [7, 11) is 0. The van der Waals surface area contributed by atoms with E-state index < -0.39 is 34.8 Å². The molecule has 0 saturated carbocycles. The van der Waals surface area contributed by atoms with Crippen LogP contribution < -0.4 is 5.32 Å². The number of benzene rings is 1. The van der Waals surface area contributed by atoms with Crippen molar-refractivity contribution in [2.24, 2.45) is 0 Å². The molecule has 0 radical (unpaired) electrons. The van der Waals surface area contributed by atoms with Crippen LogP contribution in [0.5, 0.6) is 0 Å². The standard InChI is InChI=1S/C15H17F4NO3/c1-13(2,3)23-12(22)20-14(4,8-21)9-5-6-10(11(16)7-9)15(17,18)19/h5-8H,1-4H3,(H,20,22). The second kappa shape index (κ2) is 6.17. The maximum Gasteiger partial charge on any atom is 0.419 e. The van der Waals surface area contributed by atoms with Crippen LogP contribution in [0.2, 0.25) is 0 Å². The zero-order valence-electron chi connectivity index (χ0n) is 13.0. The van der Waals surface area contributed by atoms with Gasteiger partial charge in [-0.05, 0) is 45.4 Å². The Hall–Kier alpha value is -2.12. The summed E-state index contributed by atoms with van der Waals surface area (Å²) in [6.45, 7) is 6.03. The maximum absolute atomic E-state index is 13.6. The molecule has 0 spiro atoms. The fraction of sp³-hybridized carbons (Fsp3) is 0.467. The van der Waals surface area contributed by atoms with Crippen LogP contribution in [0.3, 0.4) is 0 Å². The van der Waals surface area contributed by atoms with Crippen molar-refractivity contribution in [3.8, 4) is 0 Å². The molecule has 1 atom stereocenters. The average Bonchev–Trinajstić information content (AvgIpc) is 2.34. The van der Waals surface area contributed by atoms with Gasteiger partial charge < -0.3 is 14.8 Å². The number of aldehydes is 1. The predicted molar refractivity (Wildman–Crippen MR) is 74.2 cm³/mol. The normalized spacial score (nSPS) is 14.8. The third-order valence-electron chi connectivity index (χ3n) is 2.87. The Labute approximate surface area is 130 Å². The smallest absolute Gasteiger partial charge is 0.419 e. The van der Waals surface area contributed by atoms with E-state index in [1.54, 1.807) is 20.8 Å². The van der Waals surface area contributed by atoms with E-state index in [4.69, 9.17) is 4.74 Å². The summed E-state index contributed by atoms with van der Waals surface area (Å²) in [6, 6.07) is 2.01. The van der Waals surface area contributed by atoms with Gasteiger partial charge in [-0.2, -0.15) is 13.2 Å². The van der Waals surface area contributed by atoms with Gasteiger partial charge in [-0.25, -0.2) is 9.18 Å². The summed E-state index contributed by atoms with van der Waals surface area (Å²) in [5, 5.41) is 2.22. The Morgan fingerprint density at radius 2 is 1.74 bits per heavy atom. The SMILES string of the molecule is CC(C)(C)OC(=O)NC(C)(C=O)c1ccc(C(F)(F)F)c(F)c1. The van der Waals surface area contributed by atoms with Crippen LogP contribution in [-0.2, 0) is 21.2 Å². The predicted octanol–water partition coefficient (Wildman–Crippen LogP) is 3.78. The van der Waals surface area contributed by atoms with Gasteiger partial charge in [0.1, 0.15) is 23.2 Å². The van der Waals surface area contributed by atoms with E-state index in [0.29, 0.717) is 18.4 Å². The molecule has 0 heterocycles. The van der Waals surface area contributed by atoms with E-state index in [0.717, 1.165) is 6.07 Å². The maximum atomic E-state index is 13.6. The second-order valence-electron chi connectivity index (χ2n) is 6.14. The number of hydrogen-bond acceptors (Lipinski definition) is 3. The number of halogens is 4. The molecule has 0 aliphatic carbocycles. The Kier molecular flexibility index (Phi) is 5.08. The lowest BCUT2D eigenvalue weighted by molar-refractivity contribution is -0.140. The zero-order chi connectivity index (χ0) is 18.1. The number of carbonyl (C=O) groups is 2. The van der Waals surface area contributed by atoms with E-state index in [1.807, 2.05) is 0 Å². The van der Waals surface area contributed by atoms with Crippen molar-refractivity contribution in [2.75, 3.05) is 0 Å². The lowest BCUT2D eigenvalue weighted by atomic mass is 9.92. The molecule has 0 bridgehead atoms. The molecular weight excluding hydrogens is 318 g/mol. The molecular formula is C15H17F4NO3. The van der Waals surface area contributed by atoms with Crippen LogP contribution in [0.25, 0.3) is 0 Å². The molecule has 23 heavy (non-hydrogen) atoms. The largest absolute Gasteiger partial charge is 0.444 e. The summed E-state index contributed by atoms with van der Waals surface area (Å²) >= 11 is 0. The molecule has 1 amide bonds. The van der Waals surface area contributed by atoms with Crippen LogP contribution in [0.4, 0.5) is 22.4 Å². The van der Waals surface area contributed by atoms with Gasteiger partial charge in [0.05, 0.1) is 5.56 Å². The van der Waals surface area contributed by atoms with Crippen molar-refractivity contribution in [3.63, 3.8) is 0 Å². The van der Waals surface area contributed by atoms with Gasteiger partial charge in [-0.3, -0.25) is 0 Å². The third kappa shape index (κ3) is 4.94. The molecule has 0 saturated heterocycles. The summed E-state index contributed by atoms with van der Waals surface area (Å²) in [5.41, 5.74) is -4.15. The van der Waals surface area contributed by atoms with Crippen molar-refractivity contribution < 1.29 is 31.9 Å². The average molecular weight is 335 g/mol. The van der Waals surface area contributed by atoms with Crippen LogP contribution >= 0.6 is 0 Å². The zero-order valence-corrected chi connectivity index (χ0v) is 13.0. The van der Waals surface area contributed by atoms with E-state index in [1.165, 1.54) is 6.92 Å². The highest BCUT2D eigenvalue weighted by Gasteiger charge is 2.36. The Bertz CT molecular complexity index is 608. The molecule has 0 fully saturated rings. The summed E-state index contributed by atoms with van der Waals surface area (Å²) in [5.74, 6) is -1.53. The minimum atomic E-state index is -4.85. The highest BCUT2D eigenvalue weighted by Crippen LogP contribution is 2.33. The van der Waals surface area contributed by atoms with Gasteiger partial charge in [0.25, 0.3) is 0 Å². The number of hydrogen-bond donors (Lipinski definition) is 1. The molecule has 8 heteroatoms. The number of rotatable bonds is 3. The molecule has 128 valence electrons. The minimum Gasteiger partial charge on any atom is -0.444 e. The van der Waals surface area contributed by atoms with Gasteiger partial charge in [-0.1, -0.05) is 6.07 Å². The summed E-state index contributed by atoms with van der Waals surface area (Å²) in [4.78, 5) is 23.1. The minimum absolute atomic E-state index is 0.135. The number of alkyl carbamates (subject to hydrolysis) is 1. The molecule has 0 aliphatic rings. The third-order valence-corrected chi connectivity index (χ3v) is 2.87. The first kappa shape index (κ1) is 18.9. The number of amides is 1. The van der Waals surface area contributed by atoms with Gasteiger partial charge >= 0.3 is 12.3 Å². The van der Waals surface area contributed by atoms with Crippen LogP contribution in [0.15, 0.2) is 18.2 Å². The van der Waals surface area contributed by atoms with E-state index in [-0.39, 0.29) is 5.56 Å². The fourth-order valence-electron chi connectivity index (χ4n) is 1.75. The second-order valence-corrected chi connectivity index (χ2v) is 6.14. The summed E-state index contributed by atoms with van der Waals surface area (Å²) in [6.07, 6.45) is -5.51. The Morgan fingerprint density at radius 1 is 1.17 bits per heavy atom. The highest BCUT2D eigenvalue weighted by atomic mass is 19.4. The van der Waals surface area contributed by atoms with E-state index >= 15 is 0 Å². The van der Waals surface area contributed by atoms with Crippen molar-refractivity contribution >= 4 is 12.4 Å². The van der Waals surface area contributed by atoms with Gasteiger partial charge in [-0.15, -0.1) is 0 Å². The lowest BCUT2D eigenvalue weighted by Gasteiger charge is -2.28. The van der Waals surface area contributed by atoms with Gasteiger partial charge in [0.2, 0.25) is 0 Å². The number of ether oxygens (including phenoxy) is 1. The first-order valence-electron chi connectivity index (χ1n) is 6.63. The molecule has 4 nitrogen and oxygen atoms in total. The van der Waals surface area contributed by atoms with Crippen molar-refractivity contribution in [1.29, 1.82) is 0 Å². The van der Waals surface area contributed by atoms with Crippen LogP contribution in [0, 0.1) is 5.82 Å². The van der Waals surface area contributed by atoms with E-state index in [2.05, 4.69) is 5.32 Å². The van der Waals surface area contributed by atoms with Gasteiger partial charge in [0.15, 0.2) is 0 Å². The first-order valence-corrected chi connectivity index (χ1v) is 6.63. The molecule has 1 aromatic rings. The molecule has 1 N–H and O–H groups in total. The lowest BCUT2D eigenvalue weighted by Crippen LogP contribution is -2.47. The highest BCUT2D eigenvalue weighted by molar-refractivity contribution is 5.78. The van der Waals surface area contributed by atoms with Crippen molar-refractivity contribution in [3.05, 3.63) is 35.1 Å². The molecule has 0 aromatic heterocycles. The van der Waals surface area contributed by atoms with Crippen molar-refractivity contribution in [1.82, 2.24) is 5.32 Å². The number of nitrogens with one attached hydrogen (secondary N) is 1. The topological polar surface area (TPSA) is 55.4 Å². The molecule has 0 aliphatic heterocycles.